The van der Waals surface area contributed by atoms with Gasteiger partial charge in [-0.3, -0.25) is 4.79 Å². The zero-order valence-electron chi connectivity index (χ0n) is 10.1. The van der Waals surface area contributed by atoms with E-state index in [0.29, 0.717) is 11.7 Å². The van der Waals surface area contributed by atoms with Crippen LogP contribution in [0.15, 0.2) is 0 Å². The van der Waals surface area contributed by atoms with E-state index in [9.17, 15) is 4.79 Å². The van der Waals surface area contributed by atoms with Gasteiger partial charge in [-0.15, -0.1) is 12.4 Å². The van der Waals surface area contributed by atoms with E-state index in [0.717, 1.165) is 25.8 Å². The molecule has 2 fully saturated rings. The van der Waals surface area contributed by atoms with E-state index in [-0.39, 0.29) is 12.4 Å². The summed E-state index contributed by atoms with van der Waals surface area (Å²) in [6.07, 6.45) is 9.71. The third kappa shape index (κ3) is 4.06. The zero-order valence-corrected chi connectivity index (χ0v) is 10.9. The summed E-state index contributed by atoms with van der Waals surface area (Å²) in [6, 6.07) is 0. The number of hydrogen-bond donors (Lipinski definition) is 0. The number of rotatable bonds is 2. The average Bonchev–Trinajstić information content (AvgIpc) is 2.46. The molecule has 0 spiro atoms. The number of carbonyl (C=O) groups excluding carboxylic acids is 1. The molecule has 94 valence electrons. The first-order valence-corrected chi connectivity index (χ1v) is 6.61. The molecule has 0 bridgehead atoms. The van der Waals surface area contributed by atoms with Crippen molar-refractivity contribution < 1.29 is 4.79 Å². The summed E-state index contributed by atoms with van der Waals surface area (Å²) in [7, 11) is 0. The summed E-state index contributed by atoms with van der Waals surface area (Å²) >= 11 is 0. The van der Waals surface area contributed by atoms with E-state index in [1.807, 2.05) is 0 Å². The predicted octanol–water partition coefficient (Wildman–Crippen LogP) is 3.04. The Hall–Kier alpha value is -0.0800. The summed E-state index contributed by atoms with van der Waals surface area (Å²) in [6.45, 7) is 3.51. The van der Waals surface area contributed by atoms with E-state index in [1.54, 1.807) is 0 Å². The molecule has 0 N–H and O–H groups in total. The molecule has 0 aromatic carbocycles. The average molecular weight is 246 g/mol. The molecule has 2 nitrogen and oxygen atoms in total. The van der Waals surface area contributed by atoms with Crippen molar-refractivity contribution in [3.63, 3.8) is 0 Å². The first kappa shape index (κ1) is 14.0. The SMILES string of the molecule is Cl.O=C1CCCCCC1CN1CCCCC1. The molecule has 0 amide bonds. The lowest BCUT2D eigenvalue weighted by Crippen LogP contribution is -2.36. The van der Waals surface area contributed by atoms with Crippen LogP contribution in [0.1, 0.15) is 51.4 Å². The predicted molar refractivity (Wildman–Crippen MR) is 69.1 cm³/mol. The number of ketones is 1. The van der Waals surface area contributed by atoms with Crippen molar-refractivity contribution in [3.05, 3.63) is 0 Å². The van der Waals surface area contributed by atoms with Gasteiger partial charge >= 0.3 is 0 Å². The third-order valence-electron chi connectivity index (χ3n) is 3.86. The van der Waals surface area contributed by atoms with Gasteiger partial charge in [0.2, 0.25) is 0 Å². The van der Waals surface area contributed by atoms with Crippen molar-refractivity contribution in [2.24, 2.45) is 5.92 Å². The lowest BCUT2D eigenvalue weighted by molar-refractivity contribution is -0.123. The Morgan fingerprint density at radius 3 is 2.44 bits per heavy atom. The molecule has 1 unspecified atom stereocenters. The minimum Gasteiger partial charge on any atom is -0.303 e. The fraction of sp³-hybridized carbons (Fsp3) is 0.923. The molecule has 16 heavy (non-hydrogen) atoms. The van der Waals surface area contributed by atoms with E-state index >= 15 is 0 Å². The number of Topliss-reactive ketones (excluding diaryl/α,β-unsaturated/α-hetero) is 1. The Balaban J connectivity index is 0.00000128. The van der Waals surface area contributed by atoms with E-state index in [4.69, 9.17) is 0 Å². The van der Waals surface area contributed by atoms with Gasteiger partial charge in [-0.05, 0) is 38.8 Å². The van der Waals surface area contributed by atoms with Crippen LogP contribution < -0.4 is 0 Å². The van der Waals surface area contributed by atoms with Crippen LogP contribution in [0.4, 0.5) is 0 Å². The van der Waals surface area contributed by atoms with Crippen LogP contribution in [0.2, 0.25) is 0 Å². The van der Waals surface area contributed by atoms with Crippen LogP contribution in [0.5, 0.6) is 0 Å². The molecular weight excluding hydrogens is 222 g/mol. The summed E-state index contributed by atoms with van der Waals surface area (Å²) < 4.78 is 0. The summed E-state index contributed by atoms with van der Waals surface area (Å²) in [5.41, 5.74) is 0. The van der Waals surface area contributed by atoms with Crippen molar-refractivity contribution in [1.29, 1.82) is 0 Å². The monoisotopic (exact) mass is 245 g/mol. The minimum atomic E-state index is 0. The van der Waals surface area contributed by atoms with Crippen LogP contribution in [0, 0.1) is 5.92 Å². The number of piperidine rings is 1. The van der Waals surface area contributed by atoms with Gasteiger partial charge in [-0.1, -0.05) is 19.3 Å². The van der Waals surface area contributed by atoms with Crippen LogP contribution in [-0.4, -0.2) is 30.3 Å². The third-order valence-corrected chi connectivity index (χ3v) is 3.86. The highest BCUT2D eigenvalue weighted by Gasteiger charge is 2.23. The molecule has 0 aromatic heterocycles. The van der Waals surface area contributed by atoms with Gasteiger partial charge in [-0.2, -0.15) is 0 Å². The highest BCUT2D eigenvalue weighted by molar-refractivity contribution is 5.85. The van der Waals surface area contributed by atoms with Gasteiger partial charge in [0, 0.05) is 18.9 Å². The number of carbonyl (C=O) groups is 1. The van der Waals surface area contributed by atoms with Crippen molar-refractivity contribution in [2.45, 2.75) is 51.4 Å². The van der Waals surface area contributed by atoms with Crippen LogP contribution in [-0.2, 0) is 4.79 Å². The molecule has 1 saturated heterocycles. The fourth-order valence-electron chi connectivity index (χ4n) is 2.88. The van der Waals surface area contributed by atoms with Crippen molar-refractivity contribution >= 4 is 18.2 Å². The molecule has 1 heterocycles. The van der Waals surface area contributed by atoms with Crippen molar-refractivity contribution in [3.8, 4) is 0 Å². The Bertz CT molecular complexity index is 214. The highest BCUT2D eigenvalue weighted by Crippen LogP contribution is 2.22. The lowest BCUT2D eigenvalue weighted by Gasteiger charge is -2.29. The molecule has 1 aliphatic heterocycles. The first-order chi connectivity index (χ1) is 7.36. The summed E-state index contributed by atoms with van der Waals surface area (Å²) in [5, 5.41) is 0. The van der Waals surface area contributed by atoms with Gasteiger partial charge < -0.3 is 4.90 Å². The zero-order chi connectivity index (χ0) is 10.5. The Morgan fingerprint density at radius 1 is 1.00 bits per heavy atom. The molecule has 1 aliphatic carbocycles. The van der Waals surface area contributed by atoms with Gasteiger partial charge in [-0.25, -0.2) is 0 Å². The first-order valence-electron chi connectivity index (χ1n) is 6.61. The molecule has 2 aliphatic rings. The van der Waals surface area contributed by atoms with Gasteiger partial charge in [0.15, 0.2) is 0 Å². The number of halogens is 1. The molecule has 0 radical (unpaired) electrons. The second kappa shape index (κ2) is 7.29. The van der Waals surface area contributed by atoms with E-state index < -0.39 is 0 Å². The normalized spacial score (nSPS) is 28.2. The molecule has 1 saturated carbocycles. The minimum absolute atomic E-state index is 0. The Morgan fingerprint density at radius 2 is 1.69 bits per heavy atom. The van der Waals surface area contributed by atoms with Gasteiger partial charge in [0.25, 0.3) is 0 Å². The second-order valence-corrected chi connectivity index (χ2v) is 5.12. The molecular formula is C13H24ClNO. The maximum atomic E-state index is 11.9. The maximum Gasteiger partial charge on any atom is 0.137 e. The van der Waals surface area contributed by atoms with Gasteiger partial charge in [0.05, 0.1) is 0 Å². The van der Waals surface area contributed by atoms with E-state index in [2.05, 4.69) is 4.90 Å². The number of likely N-dealkylation sites (tertiary alicyclic amines) is 1. The Kier molecular flexibility index (Phi) is 6.37. The molecule has 3 heteroatoms. The number of nitrogens with zero attached hydrogens (tertiary/aromatic N) is 1. The molecule has 2 rings (SSSR count). The van der Waals surface area contributed by atoms with Crippen LogP contribution in [0.25, 0.3) is 0 Å². The quantitative estimate of drug-likeness (QED) is 0.697. The highest BCUT2D eigenvalue weighted by atomic mass is 35.5. The Labute approximate surface area is 105 Å². The van der Waals surface area contributed by atoms with E-state index in [1.165, 1.54) is 45.2 Å². The summed E-state index contributed by atoms with van der Waals surface area (Å²) in [4.78, 5) is 14.4. The lowest BCUT2D eigenvalue weighted by atomic mass is 9.97. The van der Waals surface area contributed by atoms with Crippen LogP contribution >= 0.6 is 12.4 Å². The van der Waals surface area contributed by atoms with Crippen molar-refractivity contribution in [1.82, 2.24) is 4.90 Å². The standard InChI is InChI=1S/C13H23NO.ClH/c15-13-8-4-1-3-7-12(13)11-14-9-5-2-6-10-14;/h12H,1-11H2;1H. The summed E-state index contributed by atoms with van der Waals surface area (Å²) in [5.74, 6) is 0.906. The van der Waals surface area contributed by atoms with Crippen molar-refractivity contribution in [2.75, 3.05) is 19.6 Å². The molecule has 1 atom stereocenters. The maximum absolute atomic E-state index is 11.9. The smallest absolute Gasteiger partial charge is 0.137 e. The number of hydrogen-bond acceptors (Lipinski definition) is 2. The second-order valence-electron chi connectivity index (χ2n) is 5.12. The van der Waals surface area contributed by atoms with Crippen LogP contribution in [0.3, 0.4) is 0 Å². The fourth-order valence-corrected chi connectivity index (χ4v) is 2.88. The van der Waals surface area contributed by atoms with Gasteiger partial charge in [0.1, 0.15) is 5.78 Å². The largest absolute Gasteiger partial charge is 0.303 e. The molecule has 0 aromatic rings. The topological polar surface area (TPSA) is 20.3 Å².